The number of hydrogen-bond donors (Lipinski definition) is 1. The number of carbonyl (C=O) groups is 2. The molecule has 4 aromatic rings. The van der Waals surface area contributed by atoms with Gasteiger partial charge in [0.05, 0.1) is 17.7 Å². The predicted octanol–water partition coefficient (Wildman–Crippen LogP) is 5.71. The van der Waals surface area contributed by atoms with Gasteiger partial charge in [-0.25, -0.2) is 8.42 Å². The van der Waals surface area contributed by atoms with E-state index in [0.29, 0.717) is 10.8 Å². The van der Waals surface area contributed by atoms with Crippen LogP contribution in [0.5, 0.6) is 5.75 Å². The number of benzene rings is 4. The average Bonchev–Trinajstić information content (AvgIpc) is 3.03. The highest BCUT2D eigenvalue weighted by Gasteiger charge is 2.34. The van der Waals surface area contributed by atoms with Crippen molar-refractivity contribution < 1.29 is 22.7 Å². The summed E-state index contributed by atoms with van der Waals surface area (Å²) >= 11 is 6.13. The van der Waals surface area contributed by atoms with Gasteiger partial charge in [0.25, 0.3) is 10.0 Å². The van der Waals surface area contributed by atoms with Crippen LogP contribution < -0.4 is 14.4 Å². The highest BCUT2D eigenvalue weighted by Crippen LogP contribution is 2.27. The first kappa shape index (κ1) is 32.6. The Balaban J connectivity index is 1.79. The number of anilines is 1. The summed E-state index contributed by atoms with van der Waals surface area (Å²) in [5.41, 5.74) is 1.87. The van der Waals surface area contributed by atoms with Gasteiger partial charge in [0.2, 0.25) is 11.8 Å². The lowest BCUT2D eigenvalue weighted by Crippen LogP contribution is -2.54. The van der Waals surface area contributed by atoms with Crippen LogP contribution in [-0.2, 0) is 32.6 Å². The maximum atomic E-state index is 14.4. The third kappa shape index (κ3) is 8.39. The van der Waals surface area contributed by atoms with E-state index in [2.05, 4.69) is 5.32 Å². The van der Waals surface area contributed by atoms with Crippen molar-refractivity contribution in [1.82, 2.24) is 10.2 Å². The summed E-state index contributed by atoms with van der Waals surface area (Å²) < 4.78 is 34.4. The van der Waals surface area contributed by atoms with Gasteiger partial charge >= 0.3 is 0 Å². The second-order valence-electron chi connectivity index (χ2n) is 10.5. The number of rotatable bonds is 13. The molecule has 44 heavy (non-hydrogen) atoms. The highest BCUT2D eigenvalue weighted by atomic mass is 35.5. The minimum atomic E-state index is -4.18. The van der Waals surface area contributed by atoms with Crippen molar-refractivity contribution in [2.75, 3.05) is 18.0 Å². The zero-order valence-corrected chi connectivity index (χ0v) is 26.5. The van der Waals surface area contributed by atoms with E-state index < -0.39 is 28.5 Å². The SMILES string of the molecule is COc1ccc(N(CC(=O)N(Cc2ccc(Cl)cc2)C(Cc2ccccc2)C(=O)NC(C)C)S(=O)(=O)c2ccccc2)cc1. The molecule has 1 atom stereocenters. The fraction of sp³-hybridized carbons (Fsp3) is 0.235. The number of hydrogen-bond acceptors (Lipinski definition) is 5. The lowest BCUT2D eigenvalue weighted by molar-refractivity contribution is -0.140. The maximum Gasteiger partial charge on any atom is 0.264 e. The van der Waals surface area contributed by atoms with Gasteiger partial charge in [-0.3, -0.25) is 13.9 Å². The van der Waals surface area contributed by atoms with E-state index in [1.165, 1.54) is 24.1 Å². The molecule has 0 fully saturated rings. The molecule has 0 aliphatic heterocycles. The molecular formula is C34H36ClN3O5S. The second-order valence-corrected chi connectivity index (χ2v) is 12.8. The van der Waals surface area contributed by atoms with Crippen LogP contribution in [-0.4, -0.2) is 50.9 Å². The zero-order chi connectivity index (χ0) is 31.7. The van der Waals surface area contributed by atoms with Crippen LogP contribution in [0.3, 0.4) is 0 Å². The molecule has 1 unspecified atom stereocenters. The summed E-state index contributed by atoms with van der Waals surface area (Å²) in [6.45, 7) is 3.21. The minimum Gasteiger partial charge on any atom is -0.497 e. The number of sulfonamides is 1. The van der Waals surface area contributed by atoms with Crippen LogP contribution in [0.25, 0.3) is 0 Å². The Morgan fingerprint density at radius 2 is 1.41 bits per heavy atom. The molecule has 0 heterocycles. The number of amides is 2. The Morgan fingerprint density at radius 1 is 0.818 bits per heavy atom. The summed E-state index contributed by atoms with van der Waals surface area (Å²) in [6.07, 6.45) is 0.229. The quantitative estimate of drug-likeness (QED) is 0.204. The summed E-state index contributed by atoms with van der Waals surface area (Å²) in [5.74, 6) is -0.349. The fourth-order valence-electron chi connectivity index (χ4n) is 4.72. The van der Waals surface area contributed by atoms with Crippen LogP contribution >= 0.6 is 11.6 Å². The number of halogens is 1. The van der Waals surface area contributed by atoms with Crippen molar-refractivity contribution >= 4 is 39.1 Å². The molecule has 4 aromatic carbocycles. The van der Waals surface area contributed by atoms with Gasteiger partial charge < -0.3 is 15.0 Å². The Morgan fingerprint density at radius 3 is 1.98 bits per heavy atom. The van der Waals surface area contributed by atoms with E-state index in [0.717, 1.165) is 15.4 Å². The summed E-state index contributed by atoms with van der Waals surface area (Å²) in [6, 6.07) is 29.7. The Kier molecular flexibility index (Phi) is 11.0. The van der Waals surface area contributed by atoms with Crippen LogP contribution in [0.1, 0.15) is 25.0 Å². The summed E-state index contributed by atoms with van der Waals surface area (Å²) in [7, 11) is -2.66. The molecule has 230 valence electrons. The van der Waals surface area contributed by atoms with Crippen molar-refractivity contribution in [2.45, 2.75) is 43.8 Å². The zero-order valence-electron chi connectivity index (χ0n) is 24.9. The van der Waals surface area contributed by atoms with Crippen LogP contribution in [0.2, 0.25) is 5.02 Å². The van der Waals surface area contributed by atoms with E-state index >= 15 is 0 Å². The summed E-state index contributed by atoms with van der Waals surface area (Å²) in [4.78, 5) is 29.6. The molecule has 8 nitrogen and oxygen atoms in total. The van der Waals surface area contributed by atoms with Gasteiger partial charge in [-0.15, -0.1) is 0 Å². The fourth-order valence-corrected chi connectivity index (χ4v) is 6.28. The predicted molar refractivity (Wildman–Crippen MR) is 173 cm³/mol. The Bertz CT molecular complexity index is 1630. The highest BCUT2D eigenvalue weighted by molar-refractivity contribution is 7.92. The minimum absolute atomic E-state index is 0.0336. The smallest absolute Gasteiger partial charge is 0.264 e. The molecule has 0 bridgehead atoms. The maximum absolute atomic E-state index is 14.4. The lowest BCUT2D eigenvalue weighted by Gasteiger charge is -2.34. The van der Waals surface area contributed by atoms with Gasteiger partial charge in [-0.1, -0.05) is 72.3 Å². The van der Waals surface area contributed by atoms with Crippen LogP contribution in [0, 0.1) is 0 Å². The standard InChI is InChI=1S/C34H36ClN3O5S/c1-25(2)36-34(40)32(22-26-10-6-4-7-11-26)37(23-27-14-16-28(35)17-15-27)33(39)24-38(29-18-20-30(43-3)21-19-29)44(41,42)31-12-8-5-9-13-31/h4-21,25,32H,22-24H2,1-3H3,(H,36,40). The van der Waals surface area contributed by atoms with Crippen LogP contribution in [0.15, 0.2) is 114 Å². The van der Waals surface area contributed by atoms with E-state index in [1.54, 1.807) is 66.7 Å². The monoisotopic (exact) mass is 633 g/mol. The molecule has 4 rings (SSSR count). The van der Waals surface area contributed by atoms with Gasteiger partial charge in [-0.05, 0) is 73.5 Å². The topological polar surface area (TPSA) is 96.0 Å². The molecule has 1 N–H and O–H groups in total. The molecule has 0 saturated heterocycles. The number of nitrogens with one attached hydrogen (secondary N) is 1. The normalized spacial score (nSPS) is 11.9. The van der Waals surface area contributed by atoms with Crippen molar-refractivity contribution in [3.8, 4) is 5.75 Å². The number of ether oxygens (including phenoxy) is 1. The van der Waals surface area contributed by atoms with Crippen molar-refractivity contribution in [2.24, 2.45) is 0 Å². The molecule has 0 saturated carbocycles. The molecule has 0 radical (unpaired) electrons. The van der Waals surface area contributed by atoms with Crippen LogP contribution in [0.4, 0.5) is 5.69 Å². The first-order valence-electron chi connectivity index (χ1n) is 14.2. The molecule has 10 heteroatoms. The molecule has 0 aromatic heterocycles. The number of nitrogens with zero attached hydrogens (tertiary/aromatic N) is 2. The second kappa shape index (κ2) is 14.9. The van der Waals surface area contributed by atoms with Gasteiger partial charge in [0.1, 0.15) is 18.3 Å². The number of methoxy groups -OCH3 is 1. The molecule has 0 spiro atoms. The molecule has 0 aliphatic carbocycles. The largest absolute Gasteiger partial charge is 0.497 e. The molecule has 0 aliphatic rings. The third-order valence-corrected chi connectivity index (χ3v) is 8.98. The van der Waals surface area contributed by atoms with E-state index in [9.17, 15) is 18.0 Å². The number of carbonyl (C=O) groups excluding carboxylic acids is 2. The molecule has 2 amide bonds. The van der Waals surface area contributed by atoms with Gasteiger partial charge in [0.15, 0.2) is 0 Å². The average molecular weight is 634 g/mol. The summed E-state index contributed by atoms with van der Waals surface area (Å²) in [5, 5.41) is 3.48. The lowest BCUT2D eigenvalue weighted by atomic mass is 10.0. The first-order valence-corrected chi connectivity index (χ1v) is 16.0. The Hall–Kier alpha value is -4.34. The third-order valence-electron chi connectivity index (χ3n) is 6.94. The first-order chi connectivity index (χ1) is 21.1. The van der Waals surface area contributed by atoms with E-state index in [-0.39, 0.29) is 35.5 Å². The van der Waals surface area contributed by atoms with E-state index in [4.69, 9.17) is 16.3 Å². The van der Waals surface area contributed by atoms with Gasteiger partial charge in [-0.2, -0.15) is 0 Å². The van der Waals surface area contributed by atoms with Crippen molar-refractivity contribution in [3.63, 3.8) is 0 Å². The van der Waals surface area contributed by atoms with Crippen molar-refractivity contribution in [3.05, 3.63) is 125 Å². The van der Waals surface area contributed by atoms with Gasteiger partial charge in [0, 0.05) is 24.0 Å². The Labute approximate surface area is 264 Å². The molecular weight excluding hydrogens is 598 g/mol. The van der Waals surface area contributed by atoms with E-state index in [1.807, 2.05) is 44.2 Å². The van der Waals surface area contributed by atoms with Crippen molar-refractivity contribution in [1.29, 1.82) is 0 Å².